The molecule has 0 aliphatic heterocycles. The molecular formula is C21H19N7O2S. The zero-order valence-electron chi connectivity index (χ0n) is 17.2. The van der Waals surface area contributed by atoms with Crippen LogP contribution in [0.25, 0.3) is 33.9 Å². The van der Waals surface area contributed by atoms with Crippen molar-refractivity contribution < 1.29 is 8.37 Å². The Morgan fingerprint density at radius 2 is 2.03 bits per heavy atom. The molecule has 0 saturated carbocycles. The predicted octanol–water partition coefficient (Wildman–Crippen LogP) is 3.83. The summed E-state index contributed by atoms with van der Waals surface area (Å²) < 4.78 is 12.9. The van der Waals surface area contributed by atoms with E-state index in [0.717, 1.165) is 29.1 Å². The lowest BCUT2D eigenvalue weighted by Crippen LogP contribution is -2.03. The first-order chi connectivity index (χ1) is 15.0. The molecule has 4 aromatic rings. The number of aryl methyl sites for hydroxylation is 2. The van der Waals surface area contributed by atoms with E-state index in [9.17, 15) is 0 Å². The van der Waals surface area contributed by atoms with Crippen LogP contribution in [0.4, 0.5) is 5.82 Å². The second kappa shape index (κ2) is 8.59. The number of hydrogen-bond acceptors (Lipinski definition) is 9. The van der Waals surface area contributed by atoms with E-state index in [0.29, 0.717) is 40.7 Å². The maximum atomic E-state index is 9.01. The number of fused-ring (bicyclic) bond motifs is 1. The Hall–Kier alpha value is -3.68. The first-order valence-electron chi connectivity index (χ1n) is 9.44. The predicted molar refractivity (Wildman–Crippen MR) is 119 cm³/mol. The van der Waals surface area contributed by atoms with Crippen LogP contribution in [0.1, 0.15) is 18.1 Å². The van der Waals surface area contributed by atoms with Gasteiger partial charge in [-0.3, -0.25) is 9.17 Å². The van der Waals surface area contributed by atoms with Gasteiger partial charge < -0.3 is 14.5 Å². The molecule has 2 N–H and O–H groups in total. The lowest BCUT2D eigenvalue weighted by molar-refractivity contribution is 0.369. The van der Waals surface area contributed by atoms with Crippen LogP contribution in [0.5, 0.6) is 5.75 Å². The summed E-state index contributed by atoms with van der Waals surface area (Å²) in [6, 6.07) is 9.14. The monoisotopic (exact) mass is 433 g/mol. The van der Waals surface area contributed by atoms with Crippen molar-refractivity contribution in [3.05, 3.63) is 47.8 Å². The van der Waals surface area contributed by atoms with Crippen LogP contribution in [0.15, 0.2) is 36.7 Å². The first-order valence-corrected chi connectivity index (χ1v) is 10.1. The van der Waals surface area contributed by atoms with Crippen molar-refractivity contribution in [3.8, 4) is 34.6 Å². The maximum absolute atomic E-state index is 9.01. The van der Waals surface area contributed by atoms with Gasteiger partial charge in [-0.15, -0.1) is 0 Å². The highest BCUT2D eigenvalue weighted by Crippen LogP contribution is 2.37. The van der Waals surface area contributed by atoms with Crippen LogP contribution >= 0.6 is 12.3 Å². The van der Waals surface area contributed by atoms with Gasteiger partial charge in [-0.2, -0.15) is 5.26 Å². The minimum absolute atomic E-state index is 0.261. The minimum atomic E-state index is 0.261. The lowest BCUT2D eigenvalue weighted by Gasteiger charge is -2.13. The molecule has 31 heavy (non-hydrogen) atoms. The highest BCUT2D eigenvalue weighted by Gasteiger charge is 2.21. The number of aromatic nitrogens is 5. The van der Waals surface area contributed by atoms with Gasteiger partial charge in [-0.25, -0.2) is 15.0 Å². The van der Waals surface area contributed by atoms with E-state index in [-0.39, 0.29) is 5.82 Å². The number of pyridine rings is 3. The number of nitriles is 1. The van der Waals surface area contributed by atoms with Gasteiger partial charge in [0.05, 0.1) is 17.9 Å². The Balaban J connectivity index is 1.86. The van der Waals surface area contributed by atoms with Gasteiger partial charge in [0.25, 0.3) is 0 Å². The van der Waals surface area contributed by atoms with Gasteiger partial charge in [0.2, 0.25) is 12.3 Å². The molecule has 0 saturated heterocycles. The van der Waals surface area contributed by atoms with E-state index in [2.05, 4.69) is 15.0 Å². The fourth-order valence-corrected chi connectivity index (χ4v) is 3.40. The maximum Gasteiger partial charge on any atom is 0.225 e. The summed E-state index contributed by atoms with van der Waals surface area (Å²) in [6.45, 7) is 4.30. The third-order valence-electron chi connectivity index (χ3n) is 4.53. The van der Waals surface area contributed by atoms with Crippen molar-refractivity contribution in [2.75, 3.05) is 12.3 Å². The Morgan fingerprint density at radius 3 is 2.74 bits per heavy atom. The quantitative estimate of drug-likeness (QED) is 0.356. The van der Waals surface area contributed by atoms with Gasteiger partial charge in [0.15, 0.2) is 22.9 Å². The van der Waals surface area contributed by atoms with Gasteiger partial charge in [0.1, 0.15) is 17.4 Å². The highest BCUT2D eigenvalue weighted by atomic mass is 32.2. The van der Waals surface area contributed by atoms with E-state index in [4.69, 9.17) is 24.3 Å². The second-order valence-electron chi connectivity index (χ2n) is 6.72. The van der Waals surface area contributed by atoms with Crippen LogP contribution < -0.4 is 9.92 Å². The second-order valence-corrected chi connectivity index (χ2v) is 7.26. The number of nitrogen functional groups attached to an aromatic ring is 1. The number of anilines is 1. The van der Waals surface area contributed by atoms with E-state index >= 15 is 0 Å². The molecule has 10 heteroatoms. The van der Waals surface area contributed by atoms with Gasteiger partial charge in [-0.1, -0.05) is 0 Å². The molecule has 0 radical (unpaired) electrons. The first kappa shape index (κ1) is 20.6. The van der Waals surface area contributed by atoms with Crippen molar-refractivity contribution >= 4 is 29.3 Å². The topological polar surface area (TPSA) is 125 Å². The molecule has 0 unspecified atom stereocenters. The molecule has 0 aromatic carbocycles. The molecular weight excluding hydrogens is 414 g/mol. The summed E-state index contributed by atoms with van der Waals surface area (Å²) in [5.41, 5.74) is 10.8. The summed E-state index contributed by atoms with van der Waals surface area (Å²) >= 11 is 0.849. The fraction of sp³-hybridized carbons (Fsp3) is 0.190. The molecule has 0 fully saturated rings. The number of hydrogen-bond donors (Lipinski definition) is 1. The molecule has 4 rings (SSSR count). The van der Waals surface area contributed by atoms with Crippen LogP contribution in [-0.2, 0) is 11.2 Å². The average Bonchev–Trinajstić information content (AvgIpc) is 3.10. The Kier molecular flexibility index (Phi) is 5.70. The molecule has 0 amide bonds. The third kappa shape index (κ3) is 4.01. The molecule has 0 aliphatic carbocycles. The van der Waals surface area contributed by atoms with Gasteiger partial charge in [0, 0.05) is 25.0 Å². The smallest absolute Gasteiger partial charge is 0.225 e. The zero-order chi connectivity index (χ0) is 22.0. The standard InChI is InChI=1S/C21H19N7O2S/c1-4-29-31-30-17-8-14(15-6-5-13(9-22)11-24-15)19(23)27-18(17)21-26-16-7-12(2)10-25-20(16)28(21)3/h5-8,10-11H,4H2,1-3H3,(H2,23,27). The molecule has 156 valence electrons. The SMILES string of the molecule is CCOSOc1cc(-c2ccc(C#N)cn2)c(N)nc1-c1nc2cc(C)cnc2n1C. The third-order valence-corrected chi connectivity index (χ3v) is 5.11. The van der Waals surface area contributed by atoms with Crippen molar-refractivity contribution in [1.29, 1.82) is 5.26 Å². The fourth-order valence-electron chi connectivity index (χ4n) is 3.05. The van der Waals surface area contributed by atoms with Crippen LogP contribution in [-0.4, -0.2) is 31.1 Å². The molecule has 0 bridgehead atoms. The number of rotatable bonds is 6. The Labute approximate surface area is 183 Å². The normalized spacial score (nSPS) is 10.9. The van der Waals surface area contributed by atoms with Gasteiger partial charge >= 0.3 is 0 Å². The summed E-state index contributed by atoms with van der Waals surface area (Å²) in [4.78, 5) is 18.1. The van der Waals surface area contributed by atoms with Gasteiger partial charge in [-0.05, 0) is 43.7 Å². The number of imidazole rings is 1. The van der Waals surface area contributed by atoms with E-state index in [1.54, 1.807) is 24.4 Å². The van der Waals surface area contributed by atoms with Crippen molar-refractivity contribution in [2.24, 2.45) is 7.05 Å². The summed E-state index contributed by atoms with van der Waals surface area (Å²) in [5.74, 6) is 1.24. The summed E-state index contributed by atoms with van der Waals surface area (Å²) in [5, 5.41) is 9.01. The Bertz CT molecular complexity index is 1300. The zero-order valence-corrected chi connectivity index (χ0v) is 18.0. The minimum Gasteiger partial charge on any atom is -0.398 e. The number of nitrogens with two attached hydrogens (primary N) is 1. The Morgan fingerprint density at radius 1 is 1.19 bits per heavy atom. The summed E-state index contributed by atoms with van der Waals surface area (Å²) in [7, 11) is 1.86. The van der Waals surface area contributed by atoms with Crippen molar-refractivity contribution in [2.45, 2.75) is 13.8 Å². The lowest BCUT2D eigenvalue weighted by atomic mass is 10.1. The molecule has 4 aromatic heterocycles. The van der Waals surface area contributed by atoms with Crippen LogP contribution in [0.3, 0.4) is 0 Å². The molecule has 0 atom stereocenters. The number of nitrogens with zero attached hydrogens (tertiary/aromatic N) is 6. The summed E-state index contributed by atoms with van der Waals surface area (Å²) in [6.07, 6.45) is 3.27. The molecule has 9 nitrogen and oxygen atoms in total. The largest absolute Gasteiger partial charge is 0.398 e. The van der Waals surface area contributed by atoms with Crippen molar-refractivity contribution in [1.82, 2.24) is 24.5 Å². The average molecular weight is 433 g/mol. The van der Waals surface area contributed by atoms with E-state index in [1.165, 1.54) is 6.20 Å². The molecule has 0 spiro atoms. The highest BCUT2D eigenvalue weighted by molar-refractivity contribution is 7.90. The molecule has 0 aliphatic rings. The molecule has 4 heterocycles. The van der Waals surface area contributed by atoms with Crippen LogP contribution in [0, 0.1) is 18.3 Å². The van der Waals surface area contributed by atoms with E-state index in [1.807, 2.05) is 37.6 Å². The van der Waals surface area contributed by atoms with E-state index < -0.39 is 0 Å². The van der Waals surface area contributed by atoms with Crippen molar-refractivity contribution in [3.63, 3.8) is 0 Å². The van der Waals surface area contributed by atoms with Crippen LogP contribution in [0.2, 0.25) is 0 Å².